The molecule has 1 saturated carbocycles. The molecule has 0 spiro atoms. The molecule has 0 atom stereocenters. The van der Waals surface area contributed by atoms with Gasteiger partial charge in [-0.15, -0.1) is 11.3 Å². The molecule has 2 amide bonds. The van der Waals surface area contributed by atoms with Gasteiger partial charge in [0.25, 0.3) is 0 Å². The van der Waals surface area contributed by atoms with Gasteiger partial charge in [0.15, 0.2) is 5.13 Å². The van der Waals surface area contributed by atoms with Gasteiger partial charge in [-0.25, -0.2) is 9.78 Å². The minimum atomic E-state index is 0.0998. The van der Waals surface area contributed by atoms with Gasteiger partial charge in [0.1, 0.15) is 5.75 Å². The van der Waals surface area contributed by atoms with Crippen LogP contribution in [-0.4, -0.2) is 55.2 Å². The first kappa shape index (κ1) is 19.1. The maximum Gasteiger partial charge on any atom is 0.317 e. The van der Waals surface area contributed by atoms with E-state index < -0.39 is 0 Å². The molecule has 150 valence electrons. The van der Waals surface area contributed by atoms with E-state index in [0.29, 0.717) is 6.04 Å². The molecule has 1 aliphatic heterocycles. The first-order chi connectivity index (χ1) is 13.7. The maximum atomic E-state index is 12.5. The molecule has 2 aliphatic rings. The number of nitrogens with one attached hydrogen (secondary N) is 1. The third-order valence-corrected chi connectivity index (χ3v) is 6.53. The van der Waals surface area contributed by atoms with Crippen molar-refractivity contribution < 1.29 is 9.53 Å². The zero-order chi connectivity index (χ0) is 19.3. The Hall–Kier alpha value is -2.28. The standard InChI is InChI=1S/C21H28N4O2S/c1-27-18-9-5-6-16(14-18)19-15-28-21(23-19)25-12-10-24(11-13-25)20(26)22-17-7-3-2-4-8-17/h5-6,9,14-15,17H,2-4,7-8,10-13H2,1H3,(H,22,26). The molecule has 6 nitrogen and oxygen atoms in total. The Morgan fingerprint density at radius 2 is 1.96 bits per heavy atom. The number of piperazine rings is 1. The van der Waals surface area contributed by atoms with Gasteiger partial charge in [-0.1, -0.05) is 31.4 Å². The number of ether oxygens (including phenoxy) is 1. The van der Waals surface area contributed by atoms with E-state index in [1.165, 1.54) is 19.3 Å². The second-order valence-electron chi connectivity index (χ2n) is 7.51. The molecule has 0 bridgehead atoms. The molecule has 0 radical (unpaired) electrons. The number of thiazole rings is 1. The number of benzene rings is 1. The van der Waals surface area contributed by atoms with Gasteiger partial charge >= 0.3 is 6.03 Å². The Labute approximate surface area is 170 Å². The number of rotatable bonds is 4. The van der Waals surface area contributed by atoms with E-state index in [-0.39, 0.29) is 6.03 Å². The van der Waals surface area contributed by atoms with Crippen LogP contribution in [0.1, 0.15) is 32.1 Å². The number of hydrogen-bond donors (Lipinski definition) is 1. The molecule has 2 aromatic rings. The summed E-state index contributed by atoms with van der Waals surface area (Å²) in [6, 6.07) is 8.44. The number of anilines is 1. The highest BCUT2D eigenvalue weighted by atomic mass is 32.1. The average Bonchev–Trinajstić information content (AvgIpc) is 3.25. The van der Waals surface area contributed by atoms with Crippen LogP contribution in [0.4, 0.5) is 9.93 Å². The molecule has 1 aromatic carbocycles. The summed E-state index contributed by atoms with van der Waals surface area (Å²) in [6.45, 7) is 3.13. The summed E-state index contributed by atoms with van der Waals surface area (Å²) < 4.78 is 5.31. The lowest BCUT2D eigenvalue weighted by atomic mass is 9.96. The first-order valence-corrected chi connectivity index (χ1v) is 11.0. The molecule has 1 aliphatic carbocycles. The van der Waals surface area contributed by atoms with Gasteiger partial charge in [-0.2, -0.15) is 0 Å². The normalized spacial score (nSPS) is 18.2. The number of methoxy groups -OCH3 is 1. The van der Waals surface area contributed by atoms with Crippen molar-refractivity contribution in [1.29, 1.82) is 0 Å². The average molecular weight is 401 g/mol. The van der Waals surface area contributed by atoms with Crippen LogP contribution in [0.2, 0.25) is 0 Å². The van der Waals surface area contributed by atoms with Crippen LogP contribution >= 0.6 is 11.3 Å². The van der Waals surface area contributed by atoms with Crippen molar-refractivity contribution in [1.82, 2.24) is 15.2 Å². The first-order valence-electron chi connectivity index (χ1n) is 10.1. The van der Waals surface area contributed by atoms with E-state index in [4.69, 9.17) is 9.72 Å². The lowest BCUT2D eigenvalue weighted by Gasteiger charge is -2.35. The zero-order valence-electron chi connectivity index (χ0n) is 16.4. The Kier molecular flexibility index (Phi) is 6.00. The second kappa shape index (κ2) is 8.82. The van der Waals surface area contributed by atoms with Gasteiger partial charge in [0, 0.05) is 43.2 Å². The van der Waals surface area contributed by atoms with Gasteiger partial charge in [-0.05, 0) is 25.0 Å². The van der Waals surface area contributed by atoms with Crippen LogP contribution in [0.15, 0.2) is 29.6 Å². The summed E-state index contributed by atoms with van der Waals surface area (Å²) >= 11 is 1.66. The number of carbonyl (C=O) groups is 1. The zero-order valence-corrected chi connectivity index (χ0v) is 17.2. The quantitative estimate of drug-likeness (QED) is 0.843. The summed E-state index contributed by atoms with van der Waals surface area (Å²) in [6.07, 6.45) is 6.02. The van der Waals surface area contributed by atoms with Crippen molar-refractivity contribution in [2.24, 2.45) is 0 Å². The number of hydrogen-bond acceptors (Lipinski definition) is 5. The lowest BCUT2D eigenvalue weighted by molar-refractivity contribution is 0.186. The maximum absolute atomic E-state index is 12.5. The Balaban J connectivity index is 1.32. The van der Waals surface area contributed by atoms with E-state index in [2.05, 4.69) is 21.7 Å². The summed E-state index contributed by atoms with van der Waals surface area (Å²) in [5.41, 5.74) is 2.03. The van der Waals surface area contributed by atoms with Crippen LogP contribution in [0.5, 0.6) is 5.75 Å². The van der Waals surface area contributed by atoms with E-state index in [1.54, 1.807) is 18.4 Å². The molecule has 4 rings (SSSR count). The number of nitrogens with zero attached hydrogens (tertiary/aromatic N) is 3. The summed E-state index contributed by atoms with van der Waals surface area (Å²) in [5, 5.41) is 6.33. The summed E-state index contributed by atoms with van der Waals surface area (Å²) in [4.78, 5) is 21.6. The largest absolute Gasteiger partial charge is 0.497 e. The predicted molar refractivity (Wildman–Crippen MR) is 113 cm³/mol. The third-order valence-electron chi connectivity index (χ3n) is 5.63. The Morgan fingerprint density at radius 1 is 1.18 bits per heavy atom. The highest BCUT2D eigenvalue weighted by molar-refractivity contribution is 7.14. The van der Waals surface area contributed by atoms with Crippen LogP contribution in [0, 0.1) is 0 Å². The van der Waals surface area contributed by atoms with Gasteiger partial charge in [0.05, 0.1) is 12.8 Å². The number of urea groups is 1. The van der Waals surface area contributed by atoms with E-state index in [1.807, 2.05) is 23.1 Å². The predicted octanol–water partition coefficient (Wildman–Crippen LogP) is 3.98. The fourth-order valence-electron chi connectivity index (χ4n) is 3.94. The van der Waals surface area contributed by atoms with E-state index >= 15 is 0 Å². The SMILES string of the molecule is COc1cccc(-c2csc(N3CCN(C(=O)NC4CCCCC4)CC3)n2)c1. The summed E-state index contributed by atoms with van der Waals surface area (Å²) in [5.74, 6) is 0.838. The number of aromatic nitrogens is 1. The minimum absolute atomic E-state index is 0.0998. The molecule has 28 heavy (non-hydrogen) atoms. The fourth-order valence-corrected chi connectivity index (χ4v) is 4.83. The smallest absolute Gasteiger partial charge is 0.317 e. The molecule has 2 heterocycles. The molecule has 1 N–H and O–H groups in total. The fraction of sp³-hybridized carbons (Fsp3) is 0.524. The van der Waals surface area contributed by atoms with Crippen molar-refractivity contribution in [3.05, 3.63) is 29.6 Å². The molecule has 0 unspecified atom stereocenters. The Bertz CT molecular complexity index is 795. The van der Waals surface area contributed by atoms with Crippen LogP contribution in [0.25, 0.3) is 11.3 Å². The van der Waals surface area contributed by atoms with Crippen LogP contribution < -0.4 is 15.0 Å². The lowest BCUT2D eigenvalue weighted by Crippen LogP contribution is -2.53. The highest BCUT2D eigenvalue weighted by Gasteiger charge is 2.25. The topological polar surface area (TPSA) is 57.7 Å². The van der Waals surface area contributed by atoms with Gasteiger partial charge in [-0.3, -0.25) is 0 Å². The number of amides is 2. The molecule has 1 saturated heterocycles. The van der Waals surface area contributed by atoms with Crippen molar-refractivity contribution in [2.45, 2.75) is 38.1 Å². The van der Waals surface area contributed by atoms with Crippen molar-refractivity contribution in [3.63, 3.8) is 0 Å². The Morgan fingerprint density at radius 3 is 2.71 bits per heavy atom. The second-order valence-corrected chi connectivity index (χ2v) is 8.34. The van der Waals surface area contributed by atoms with Gasteiger partial charge in [0.2, 0.25) is 0 Å². The van der Waals surface area contributed by atoms with Crippen LogP contribution in [-0.2, 0) is 0 Å². The molecule has 7 heteroatoms. The van der Waals surface area contributed by atoms with Gasteiger partial charge < -0.3 is 19.9 Å². The molecular weight excluding hydrogens is 372 g/mol. The van der Waals surface area contributed by atoms with Crippen LogP contribution in [0.3, 0.4) is 0 Å². The monoisotopic (exact) mass is 400 g/mol. The summed E-state index contributed by atoms with van der Waals surface area (Å²) in [7, 11) is 1.68. The molecular formula is C21H28N4O2S. The van der Waals surface area contributed by atoms with Crippen molar-refractivity contribution in [3.8, 4) is 17.0 Å². The van der Waals surface area contributed by atoms with E-state index in [0.717, 1.165) is 61.2 Å². The molecule has 2 fully saturated rings. The molecule has 1 aromatic heterocycles. The number of carbonyl (C=O) groups excluding carboxylic acids is 1. The van der Waals surface area contributed by atoms with Crippen molar-refractivity contribution >= 4 is 22.5 Å². The highest BCUT2D eigenvalue weighted by Crippen LogP contribution is 2.30. The third kappa shape index (κ3) is 4.41. The van der Waals surface area contributed by atoms with Crippen molar-refractivity contribution in [2.75, 3.05) is 38.2 Å². The van der Waals surface area contributed by atoms with E-state index in [9.17, 15) is 4.79 Å². The minimum Gasteiger partial charge on any atom is -0.497 e.